The van der Waals surface area contributed by atoms with Crippen molar-refractivity contribution in [2.45, 2.75) is 38.1 Å². The quantitative estimate of drug-likeness (QED) is 0.459. The highest BCUT2D eigenvalue weighted by Gasteiger charge is 2.45. The molecule has 31 heavy (non-hydrogen) atoms. The summed E-state index contributed by atoms with van der Waals surface area (Å²) in [7, 11) is 0. The Morgan fingerprint density at radius 3 is 2.71 bits per heavy atom. The largest absolute Gasteiger partial charge is 0.461 e. The van der Waals surface area contributed by atoms with Crippen molar-refractivity contribution in [2.24, 2.45) is 4.99 Å². The van der Waals surface area contributed by atoms with Gasteiger partial charge in [0.25, 0.3) is 0 Å². The lowest BCUT2D eigenvalue weighted by atomic mass is 9.91. The third-order valence-corrected chi connectivity index (χ3v) is 6.53. The second kappa shape index (κ2) is 7.71. The summed E-state index contributed by atoms with van der Waals surface area (Å²) in [5.41, 5.74) is 3.00. The van der Waals surface area contributed by atoms with Crippen LogP contribution in [-0.2, 0) is 10.3 Å². The predicted octanol–water partition coefficient (Wildman–Crippen LogP) is 5.57. The molecule has 2 aromatic carbocycles. The fourth-order valence-corrected chi connectivity index (χ4v) is 5.09. The van der Waals surface area contributed by atoms with Gasteiger partial charge in [0.05, 0.1) is 23.7 Å². The van der Waals surface area contributed by atoms with E-state index < -0.39 is 11.5 Å². The Hall–Kier alpha value is -2.80. The lowest BCUT2D eigenvalue weighted by Gasteiger charge is -2.26. The van der Waals surface area contributed by atoms with Crippen LogP contribution in [0.25, 0.3) is 5.69 Å². The molecule has 0 saturated heterocycles. The molecule has 0 bridgehead atoms. The molecule has 0 atom stereocenters. The van der Waals surface area contributed by atoms with Gasteiger partial charge >= 0.3 is 5.97 Å². The number of halogens is 2. The number of imidazole rings is 1. The molecule has 7 heteroatoms. The number of carbonyl (C=O) groups excluding carboxylic acids is 1. The van der Waals surface area contributed by atoms with E-state index in [4.69, 9.17) is 9.73 Å². The number of nitrogens with zero attached hydrogens (tertiary/aromatic N) is 3. The van der Waals surface area contributed by atoms with E-state index in [0.29, 0.717) is 11.3 Å². The molecule has 0 N–H and O–H groups in total. The van der Waals surface area contributed by atoms with Gasteiger partial charge in [0.2, 0.25) is 0 Å². The van der Waals surface area contributed by atoms with Gasteiger partial charge in [-0.3, -0.25) is 9.56 Å². The topological polar surface area (TPSA) is 56.5 Å². The summed E-state index contributed by atoms with van der Waals surface area (Å²) in [5, 5.41) is 0. The number of hydrogen-bond acceptors (Lipinski definition) is 4. The minimum atomic E-state index is -0.665. The number of aromatic nitrogens is 2. The molecule has 3 aromatic rings. The van der Waals surface area contributed by atoms with E-state index in [1.165, 1.54) is 6.07 Å². The molecule has 158 valence electrons. The molecule has 1 fully saturated rings. The fourth-order valence-electron chi connectivity index (χ4n) is 4.73. The Bertz CT molecular complexity index is 1210. The third-order valence-electron chi connectivity index (χ3n) is 6.04. The molecule has 0 unspecified atom stereocenters. The summed E-state index contributed by atoms with van der Waals surface area (Å²) in [4.78, 5) is 22.5. The third kappa shape index (κ3) is 3.22. The van der Waals surface area contributed by atoms with Gasteiger partial charge in [0, 0.05) is 15.6 Å². The number of benzene rings is 2. The van der Waals surface area contributed by atoms with Crippen LogP contribution in [-0.4, -0.2) is 27.8 Å². The first-order valence-corrected chi connectivity index (χ1v) is 11.2. The summed E-state index contributed by atoms with van der Waals surface area (Å²) in [6.45, 7) is 2.05. The average Bonchev–Trinajstić information content (AvgIpc) is 3.38. The standard InChI is InChI=1S/C24H21BrFN3O2/c1-2-31-23(30)21-22-24(11-5-6-12-24)28-20(16-7-3-4-8-18(16)26)17-13-15(25)9-10-19(17)29(22)14-27-21/h3-4,7-10,13-14H,2,5-6,11-12H2,1H3. The summed E-state index contributed by atoms with van der Waals surface area (Å²) in [6.07, 6.45) is 5.13. The maximum Gasteiger partial charge on any atom is 0.358 e. The zero-order valence-electron chi connectivity index (χ0n) is 17.1. The van der Waals surface area contributed by atoms with Crippen LogP contribution in [0.15, 0.2) is 58.3 Å². The summed E-state index contributed by atoms with van der Waals surface area (Å²) >= 11 is 3.55. The zero-order valence-corrected chi connectivity index (χ0v) is 18.7. The molecule has 1 aliphatic carbocycles. The maximum atomic E-state index is 15.0. The smallest absolute Gasteiger partial charge is 0.358 e. The molecule has 0 radical (unpaired) electrons. The SMILES string of the molecule is CCOC(=O)c1ncn2c1C1(CCCC1)N=C(c1ccccc1F)c1cc(Br)ccc1-2. The highest BCUT2D eigenvalue weighted by molar-refractivity contribution is 9.10. The van der Waals surface area contributed by atoms with Crippen molar-refractivity contribution in [3.8, 4) is 5.69 Å². The molecule has 2 heterocycles. The number of aliphatic imine (C=N–C) groups is 1. The van der Waals surface area contributed by atoms with E-state index in [1.54, 1.807) is 25.4 Å². The first-order valence-electron chi connectivity index (χ1n) is 10.4. The minimum absolute atomic E-state index is 0.269. The monoisotopic (exact) mass is 481 g/mol. The number of esters is 1. The fraction of sp³-hybridized carbons (Fsp3) is 0.292. The Morgan fingerprint density at radius 2 is 1.97 bits per heavy atom. The van der Waals surface area contributed by atoms with Gasteiger partial charge in [0.1, 0.15) is 17.7 Å². The second-order valence-electron chi connectivity index (χ2n) is 7.87. The minimum Gasteiger partial charge on any atom is -0.461 e. The van der Waals surface area contributed by atoms with Gasteiger partial charge in [-0.15, -0.1) is 0 Å². The molecule has 2 aliphatic rings. The zero-order chi connectivity index (χ0) is 21.6. The number of rotatable bonds is 3. The van der Waals surface area contributed by atoms with E-state index >= 15 is 0 Å². The van der Waals surface area contributed by atoms with Crippen LogP contribution in [0.5, 0.6) is 0 Å². The van der Waals surface area contributed by atoms with E-state index in [9.17, 15) is 9.18 Å². The maximum absolute atomic E-state index is 15.0. The van der Waals surface area contributed by atoms with E-state index in [0.717, 1.165) is 47.1 Å². The molecule has 0 amide bonds. The Kier molecular flexibility index (Phi) is 5.01. The number of fused-ring (bicyclic) bond motifs is 4. The van der Waals surface area contributed by atoms with Crippen LogP contribution in [0.4, 0.5) is 4.39 Å². The molecule has 5 nitrogen and oxygen atoms in total. The molecule has 5 rings (SSSR count). The van der Waals surface area contributed by atoms with Crippen molar-refractivity contribution in [3.05, 3.63) is 81.6 Å². The van der Waals surface area contributed by atoms with Crippen molar-refractivity contribution >= 4 is 27.6 Å². The second-order valence-corrected chi connectivity index (χ2v) is 8.79. The van der Waals surface area contributed by atoms with Crippen LogP contribution in [0.1, 0.15) is 59.9 Å². The van der Waals surface area contributed by atoms with Gasteiger partial charge in [-0.25, -0.2) is 14.2 Å². The summed E-state index contributed by atoms with van der Waals surface area (Å²) < 4.78 is 23.1. The van der Waals surface area contributed by atoms with Crippen LogP contribution in [0.3, 0.4) is 0 Å². The van der Waals surface area contributed by atoms with E-state index in [1.807, 2.05) is 28.8 Å². The van der Waals surface area contributed by atoms with Crippen molar-refractivity contribution in [1.82, 2.24) is 9.55 Å². The van der Waals surface area contributed by atoms with Crippen LogP contribution >= 0.6 is 15.9 Å². The van der Waals surface area contributed by atoms with E-state index in [2.05, 4.69) is 20.9 Å². The molecule has 1 aromatic heterocycles. The Balaban J connectivity index is 1.86. The van der Waals surface area contributed by atoms with Crippen molar-refractivity contribution < 1.29 is 13.9 Å². The lowest BCUT2D eigenvalue weighted by Crippen LogP contribution is -2.26. The van der Waals surface area contributed by atoms with Crippen LogP contribution in [0.2, 0.25) is 0 Å². The molecular formula is C24H21BrFN3O2. The average molecular weight is 482 g/mol. The highest BCUT2D eigenvalue weighted by Crippen LogP contribution is 2.47. The number of carbonyl (C=O) groups is 1. The van der Waals surface area contributed by atoms with Crippen molar-refractivity contribution in [2.75, 3.05) is 6.61 Å². The molecule has 1 spiro atoms. The van der Waals surface area contributed by atoms with Crippen LogP contribution in [0, 0.1) is 5.82 Å². The summed E-state index contributed by atoms with van der Waals surface area (Å²) in [6, 6.07) is 12.5. The van der Waals surface area contributed by atoms with Gasteiger partial charge in [0.15, 0.2) is 5.69 Å². The van der Waals surface area contributed by atoms with Gasteiger partial charge in [-0.1, -0.05) is 40.9 Å². The van der Waals surface area contributed by atoms with Crippen LogP contribution < -0.4 is 0 Å². The van der Waals surface area contributed by atoms with Gasteiger partial charge in [-0.2, -0.15) is 0 Å². The van der Waals surface area contributed by atoms with Crippen molar-refractivity contribution in [3.63, 3.8) is 0 Å². The lowest BCUT2D eigenvalue weighted by molar-refractivity contribution is 0.0516. The first-order chi connectivity index (χ1) is 15.0. The predicted molar refractivity (Wildman–Crippen MR) is 119 cm³/mol. The molecule has 1 saturated carbocycles. The number of ether oxygens (including phenoxy) is 1. The Morgan fingerprint density at radius 1 is 1.19 bits per heavy atom. The Labute approximate surface area is 188 Å². The summed E-state index contributed by atoms with van der Waals surface area (Å²) in [5.74, 6) is -0.777. The first kappa shape index (κ1) is 20.1. The highest BCUT2D eigenvalue weighted by atomic mass is 79.9. The van der Waals surface area contributed by atoms with Gasteiger partial charge in [-0.05, 0) is 50.1 Å². The molecule has 1 aliphatic heterocycles. The number of hydrogen-bond donors (Lipinski definition) is 0. The van der Waals surface area contributed by atoms with Gasteiger partial charge < -0.3 is 4.74 Å². The molecular weight excluding hydrogens is 461 g/mol. The van der Waals surface area contributed by atoms with Crippen molar-refractivity contribution in [1.29, 1.82) is 0 Å². The normalized spacial score (nSPS) is 16.4. The van der Waals surface area contributed by atoms with E-state index in [-0.39, 0.29) is 18.1 Å².